The van der Waals surface area contributed by atoms with Crippen LogP contribution in [0.2, 0.25) is 0 Å². The van der Waals surface area contributed by atoms with Gasteiger partial charge < -0.3 is 5.32 Å². The summed E-state index contributed by atoms with van der Waals surface area (Å²) in [4.78, 5) is 12.3. The van der Waals surface area contributed by atoms with Crippen LogP contribution in [0, 0.1) is 0 Å². The Morgan fingerprint density at radius 2 is 2.10 bits per heavy atom. The molecule has 0 bridgehead atoms. The minimum Gasteiger partial charge on any atom is -0.347 e. The molecule has 2 aliphatic rings. The molecule has 20 heavy (non-hydrogen) atoms. The van der Waals surface area contributed by atoms with E-state index in [0.29, 0.717) is 11.3 Å². The highest BCUT2D eigenvalue weighted by Crippen LogP contribution is 2.38. The third-order valence-electron chi connectivity index (χ3n) is 4.34. The summed E-state index contributed by atoms with van der Waals surface area (Å²) < 4.78 is 1.72. The lowest BCUT2D eigenvalue weighted by Crippen LogP contribution is -2.42. The lowest BCUT2D eigenvalue weighted by molar-refractivity contribution is 0.0921. The maximum absolute atomic E-state index is 12.3. The van der Waals surface area contributed by atoms with E-state index in [4.69, 9.17) is 0 Å². The van der Waals surface area contributed by atoms with Crippen LogP contribution < -0.4 is 5.32 Å². The van der Waals surface area contributed by atoms with E-state index >= 15 is 0 Å². The molecule has 1 amide bonds. The fourth-order valence-corrected chi connectivity index (χ4v) is 2.93. The molecule has 0 atom stereocenters. The van der Waals surface area contributed by atoms with Crippen molar-refractivity contribution in [3.05, 3.63) is 41.4 Å². The molecule has 2 aliphatic carbocycles. The molecule has 4 rings (SSSR count). The molecule has 0 aliphatic heterocycles. The summed E-state index contributed by atoms with van der Waals surface area (Å²) in [6, 6.07) is 5.76. The largest absolute Gasteiger partial charge is 0.347 e. The van der Waals surface area contributed by atoms with Gasteiger partial charge in [0.1, 0.15) is 12.0 Å². The number of allylic oxidation sites excluding steroid dienone is 1. The second kappa shape index (κ2) is 4.44. The van der Waals surface area contributed by atoms with E-state index in [0.717, 1.165) is 12.8 Å². The van der Waals surface area contributed by atoms with Crippen LogP contribution in [0.25, 0.3) is 5.65 Å². The molecular weight excluding hydrogens is 252 g/mol. The van der Waals surface area contributed by atoms with Gasteiger partial charge in [0.25, 0.3) is 5.91 Å². The predicted molar refractivity (Wildman–Crippen MR) is 74.4 cm³/mol. The summed E-state index contributed by atoms with van der Waals surface area (Å²) in [6.07, 6.45) is 7.52. The van der Waals surface area contributed by atoms with Gasteiger partial charge in [-0.15, -0.1) is 10.2 Å². The molecule has 2 heterocycles. The van der Waals surface area contributed by atoms with Crippen molar-refractivity contribution in [3.63, 3.8) is 0 Å². The number of rotatable bonds is 2. The van der Waals surface area contributed by atoms with Crippen LogP contribution in [-0.4, -0.2) is 26.5 Å². The average Bonchev–Trinajstić information content (AvgIpc) is 2.81. The fraction of sp³-hybridized carbons (Fsp3) is 0.400. The first kappa shape index (κ1) is 11.6. The normalized spacial score (nSPS) is 21.5. The first-order chi connectivity index (χ1) is 9.81. The maximum Gasteiger partial charge on any atom is 0.268 e. The molecule has 2 aromatic heterocycles. The lowest BCUT2D eigenvalue weighted by Gasteiger charge is -2.35. The first-order valence-corrected chi connectivity index (χ1v) is 7.10. The quantitative estimate of drug-likeness (QED) is 0.848. The topological polar surface area (TPSA) is 59.3 Å². The Kier molecular flexibility index (Phi) is 2.58. The molecule has 5 heteroatoms. The number of nitrogens with zero attached hydrogens (tertiary/aromatic N) is 3. The summed E-state index contributed by atoms with van der Waals surface area (Å²) in [6.45, 7) is 0. The van der Waals surface area contributed by atoms with E-state index in [9.17, 15) is 4.79 Å². The van der Waals surface area contributed by atoms with Crippen molar-refractivity contribution in [2.75, 3.05) is 0 Å². The third kappa shape index (κ3) is 1.81. The number of carbonyl (C=O) groups is 1. The Bertz CT molecular complexity index is 701. The lowest BCUT2D eigenvalue weighted by atomic mass is 9.76. The van der Waals surface area contributed by atoms with Crippen molar-refractivity contribution >= 4 is 11.6 Å². The Morgan fingerprint density at radius 1 is 1.25 bits per heavy atom. The number of hydrogen-bond donors (Lipinski definition) is 1. The summed E-state index contributed by atoms with van der Waals surface area (Å²) >= 11 is 0. The highest BCUT2D eigenvalue weighted by Gasteiger charge is 2.29. The van der Waals surface area contributed by atoms with Gasteiger partial charge in [-0.05, 0) is 44.2 Å². The molecular formula is C15H16N4O. The van der Waals surface area contributed by atoms with E-state index in [1.54, 1.807) is 27.9 Å². The number of carbonyl (C=O) groups excluding carboxylic acids is 1. The van der Waals surface area contributed by atoms with Crippen LogP contribution >= 0.6 is 0 Å². The second-order valence-electron chi connectivity index (χ2n) is 5.61. The Hall–Kier alpha value is -2.17. The molecule has 5 nitrogen and oxygen atoms in total. The fourth-order valence-electron chi connectivity index (χ4n) is 2.93. The summed E-state index contributed by atoms with van der Waals surface area (Å²) in [5, 5.41) is 10.9. The van der Waals surface area contributed by atoms with Gasteiger partial charge in [-0.2, -0.15) is 0 Å². The van der Waals surface area contributed by atoms with Crippen molar-refractivity contribution in [1.82, 2.24) is 19.9 Å². The molecule has 102 valence electrons. The zero-order chi connectivity index (χ0) is 13.5. The van der Waals surface area contributed by atoms with E-state index in [1.807, 2.05) is 12.1 Å². The van der Waals surface area contributed by atoms with Gasteiger partial charge in [-0.1, -0.05) is 17.2 Å². The standard InChI is InChI=1S/C15H16N4O/c20-15(13-5-2-6-14-18-16-9-19(13)14)17-12-7-11(8-12)10-3-1-4-10/h2,5-6,9,12H,1,3-4,7-8H2,(H,17,20). The van der Waals surface area contributed by atoms with Crippen molar-refractivity contribution in [1.29, 1.82) is 0 Å². The van der Waals surface area contributed by atoms with Crippen LogP contribution in [0.15, 0.2) is 35.7 Å². The van der Waals surface area contributed by atoms with Gasteiger partial charge in [0.2, 0.25) is 0 Å². The minimum absolute atomic E-state index is 0.0435. The van der Waals surface area contributed by atoms with E-state index in [2.05, 4.69) is 15.5 Å². The Morgan fingerprint density at radius 3 is 2.85 bits per heavy atom. The number of aromatic nitrogens is 3. The molecule has 2 fully saturated rings. The molecule has 0 unspecified atom stereocenters. The molecule has 2 saturated carbocycles. The molecule has 0 aromatic carbocycles. The van der Waals surface area contributed by atoms with Crippen LogP contribution in [0.4, 0.5) is 0 Å². The Balaban J connectivity index is 1.47. The molecule has 0 saturated heterocycles. The van der Waals surface area contributed by atoms with Gasteiger partial charge >= 0.3 is 0 Å². The number of pyridine rings is 1. The predicted octanol–water partition coefficient (Wildman–Crippen LogP) is 2.10. The number of nitrogens with one attached hydrogen (secondary N) is 1. The number of fused-ring (bicyclic) bond motifs is 1. The van der Waals surface area contributed by atoms with E-state index < -0.39 is 0 Å². The zero-order valence-electron chi connectivity index (χ0n) is 11.2. The van der Waals surface area contributed by atoms with Crippen LogP contribution in [0.5, 0.6) is 0 Å². The molecule has 2 aromatic rings. The van der Waals surface area contributed by atoms with Crippen molar-refractivity contribution in [2.24, 2.45) is 0 Å². The van der Waals surface area contributed by atoms with Crippen LogP contribution in [0.1, 0.15) is 42.6 Å². The number of amides is 1. The van der Waals surface area contributed by atoms with Gasteiger partial charge in [0.05, 0.1) is 0 Å². The number of hydrogen-bond acceptors (Lipinski definition) is 3. The third-order valence-corrected chi connectivity index (χ3v) is 4.34. The highest BCUT2D eigenvalue weighted by atomic mass is 16.2. The van der Waals surface area contributed by atoms with Gasteiger partial charge in [0, 0.05) is 6.04 Å². The van der Waals surface area contributed by atoms with Gasteiger partial charge in [0.15, 0.2) is 5.65 Å². The van der Waals surface area contributed by atoms with Crippen LogP contribution in [-0.2, 0) is 0 Å². The average molecular weight is 268 g/mol. The van der Waals surface area contributed by atoms with Crippen molar-refractivity contribution in [3.8, 4) is 0 Å². The maximum atomic E-state index is 12.3. The molecule has 0 spiro atoms. The van der Waals surface area contributed by atoms with Crippen molar-refractivity contribution in [2.45, 2.75) is 38.1 Å². The SMILES string of the molecule is O=C(NC1CC(=C2CCC2)C1)c1cccc2nncn12. The van der Waals surface area contributed by atoms with Crippen molar-refractivity contribution < 1.29 is 4.79 Å². The monoisotopic (exact) mass is 268 g/mol. The van der Waals surface area contributed by atoms with E-state index in [1.165, 1.54) is 19.3 Å². The highest BCUT2D eigenvalue weighted by molar-refractivity contribution is 5.93. The first-order valence-electron chi connectivity index (χ1n) is 7.10. The second-order valence-corrected chi connectivity index (χ2v) is 5.61. The Labute approximate surface area is 116 Å². The van der Waals surface area contributed by atoms with E-state index in [-0.39, 0.29) is 11.9 Å². The van der Waals surface area contributed by atoms with Crippen LogP contribution in [0.3, 0.4) is 0 Å². The smallest absolute Gasteiger partial charge is 0.268 e. The summed E-state index contributed by atoms with van der Waals surface area (Å²) in [5.41, 5.74) is 4.50. The zero-order valence-corrected chi connectivity index (χ0v) is 11.2. The molecule has 0 radical (unpaired) electrons. The summed E-state index contributed by atoms with van der Waals surface area (Å²) in [7, 11) is 0. The minimum atomic E-state index is -0.0435. The van der Waals surface area contributed by atoms with Gasteiger partial charge in [-0.25, -0.2) is 0 Å². The summed E-state index contributed by atoms with van der Waals surface area (Å²) in [5.74, 6) is -0.0435. The van der Waals surface area contributed by atoms with Gasteiger partial charge in [-0.3, -0.25) is 9.20 Å². The molecule has 1 N–H and O–H groups in total.